The summed E-state index contributed by atoms with van der Waals surface area (Å²) in [5.74, 6) is 0.704. The van der Waals surface area contributed by atoms with Crippen molar-refractivity contribution in [3.05, 3.63) is 67.9 Å². The van der Waals surface area contributed by atoms with Gasteiger partial charge in [-0.3, -0.25) is 9.88 Å². The van der Waals surface area contributed by atoms with E-state index in [1.165, 1.54) is 27.8 Å². The van der Waals surface area contributed by atoms with Crippen LogP contribution in [0.25, 0.3) is 5.57 Å². The van der Waals surface area contributed by atoms with Crippen LogP contribution in [-0.2, 0) is 17.6 Å². The zero-order valence-corrected chi connectivity index (χ0v) is 22.4. The van der Waals surface area contributed by atoms with Crippen molar-refractivity contribution in [3.63, 3.8) is 0 Å². The first-order valence-electron chi connectivity index (χ1n) is 11.7. The van der Waals surface area contributed by atoms with Crippen molar-refractivity contribution >= 4 is 45.7 Å². The van der Waals surface area contributed by atoms with Gasteiger partial charge in [0.05, 0.1) is 5.69 Å². The first-order chi connectivity index (χ1) is 16.0. The van der Waals surface area contributed by atoms with Gasteiger partial charge in [-0.25, -0.2) is 0 Å². The number of aryl methyl sites for hydroxylation is 2. The van der Waals surface area contributed by atoms with Gasteiger partial charge in [0.15, 0.2) is 0 Å². The summed E-state index contributed by atoms with van der Waals surface area (Å²) in [6.07, 6.45) is 8.05. The van der Waals surface area contributed by atoms with E-state index in [0.717, 1.165) is 73.4 Å². The number of ether oxygens (including phenoxy) is 1. The van der Waals surface area contributed by atoms with E-state index in [4.69, 9.17) is 27.1 Å². The van der Waals surface area contributed by atoms with E-state index in [9.17, 15) is 0 Å². The number of nitrogens with zero attached hydrogens (tertiary/aromatic N) is 2. The Morgan fingerprint density at radius 1 is 1.27 bits per heavy atom. The van der Waals surface area contributed by atoms with Gasteiger partial charge in [0.25, 0.3) is 0 Å². The minimum absolute atomic E-state index is 0.0907. The van der Waals surface area contributed by atoms with Crippen molar-refractivity contribution in [2.75, 3.05) is 32.6 Å². The molecule has 0 amide bonds. The third kappa shape index (κ3) is 6.03. The molecule has 1 fully saturated rings. The molecule has 4 nitrogen and oxygen atoms in total. The SMILES string of the molecule is COCCC[C@H]1CC(=C2c3ccc(Cl)cc3CCc3cc(Br)cnc32)CCN1CC(N)CS. The number of thiol groups is 1. The molecule has 1 aromatic carbocycles. The molecule has 1 saturated heterocycles. The van der Waals surface area contributed by atoms with Crippen molar-refractivity contribution < 1.29 is 4.74 Å². The van der Waals surface area contributed by atoms with Gasteiger partial charge in [-0.15, -0.1) is 0 Å². The lowest BCUT2D eigenvalue weighted by molar-refractivity contribution is 0.136. The van der Waals surface area contributed by atoms with Crippen molar-refractivity contribution in [2.45, 2.75) is 50.6 Å². The van der Waals surface area contributed by atoms with Gasteiger partial charge in [-0.1, -0.05) is 23.2 Å². The molecule has 0 spiro atoms. The van der Waals surface area contributed by atoms with Crippen LogP contribution in [0, 0.1) is 0 Å². The number of likely N-dealkylation sites (tertiary alicyclic amines) is 1. The zero-order chi connectivity index (χ0) is 23.4. The van der Waals surface area contributed by atoms with Gasteiger partial charge >= 0.3 is 0 Å². The maximum atomic E-state index is 6.40. The van der Waals surface area contributed by atoms with Crippen LogP contribution in [0.5, 0.6) is 0 Å². The number of benzene rings is 1. The second-order valence-electron chi connectivity index (χ2n) is 9.12. The van der Waals surface area contributed by atoms with Crippen molar-refractivity contribution in [3.8, 4) is 0 Å². The molecule has 7 heteroatoms. The summed E-state index contributed by atoms with van der Waals surface area (Å²) in [5, 5.41) is 0.797. The van der Waals surface area contributed by atoms with Crippen LogP contribution in [0.15, 0.2) is 40.5 Å². The highest BCUT2D eigenvalue weighted by molar-refractivity contribution is 9.10. The molecule has 1 aliphatic heterocycles. The number of fused-ring (bicyclic) bond motifs is 2. The molecule has 1 unspecified atom stereocenters. The molecule has 33 heavy (non-hydrogen) atoms. The Labute approximate surface area is 216 Å². The van der Waals surface area contributed by atoms with E-state index < -0.39 is 0 Å². The Kier molecular flexibility index (Phi) is 8.93. The smallest absolute Gasteiger partial charge is 0.0740 e. The Morgan fingerprint density at radius 3 is 2.88 bits per heavy atom. The lowest BCUT2D eigenvalue weighted by atomic mass is 9.85. The largest absolute Gasteiger partial charge is 0.385 e. The Hall–Kier alpha value is -0.890. The van der Waals surface area contributed by atoms with Gasteiger partial charge in [-0.05, 0) is 89.3 Å². The Morgan fingerprint density at radius 2 is 2.09 bits per heavy atom. The Balaban J connectivity index is 1.76. The number of methoxy groups -OCH3 is 1. The van der Waals surface area contributed by atoms with Crippen LogP contribution in [0.1, 0.15) is 48.1 Å². The molecule has 178 valence electrons. The van der Waals surface area contributed by atoms with Crippen LogP contribution in [-0.4, -0.2) is 54.5 Å². The highest BCUT2D eigenvalue weighted by atomic mass is 79.9. The van der Waals surface area contributed by atoms with E-state index in [-0.39, 0.29) is 6.04 Å². The summed E-state index contributed by atoms with van der Waals surface area (Å²) in [4.78, 5) is 7.50. The molecule has 2 atom stereocenters. The van der Waals surface area contributed by atoms with Crippen LogP contribution in [0.4, 0.5) is 0 Å². The number of hydrogen-bond donors (Lipinski definition) is 2. The van der Waals surface area contributed by atoms with Gasteiger partial charge in [0.1, 0.15) is 0 Å². The van der Waals surface area contributed by atoms with E-state index in [0.29, 0.717) is 11.8 Å². The molecular weight excluding hydrogens is 518 g/mol. The van der Waals surface area contributed by atoms with E-state index in [1.807, 2.05) is 12.3 Å². The first-order valence-corrected chi connectivity index (χ1v) is 13.6. The quantitative estimate of drug-likeness (QED) is 0.351. The second kappa shape index (κ2) is 11.7. The minimum atomic E-state index is 0.0907. The highest BCUT2D eigenvalue weighted by Crippen LogP contribution is 2.40. The second-order valence-corrected chi connectivity index (χ2v) is 10.8. The summed E-state index contributed by atoms with van der Waals surface area (Å²) >= 11 is 14.4. The summed E-state index contributed by atoms with van der Waals surface area (Å²) in [6, 6.07) is 9.11. The monoisotopic (exact) mass is 549 g/mol. The molecule has 1 aliphatic carbocycles. The number of piperidine rings is 1. The predicted octanol–water partition coefficient (Wildman–Crippen LogP) is 5.55. The normalized spacial score (nSPS) is 21.9. The van der Waals surface area contributed by atoms with E-state index in [1.54, 1.807) is 7.11 Å². The molecule has 4 rings (SSSR count). The van der Waals surface area contributed by atoms with Crippen molar-refractivity contribution in [1.82, 2.24) is 9.88 Å². The average Bonchev–Trinajstić information content (AvgIpc) is 2.96. The summed E-state index contributed by atoms with van der Waals surface area (Å²) in [5.41, 5.74) is 14.1. The number of hydrogen-bond acceptors (Lipinski definition) is 5. The van der Waals surface area contributed by atoms with Crippen LogP contribution < -0.4 is 5.73 Å². The fourth-order valence-electron chi connectivity index (χ4n) is 5.22. The molecule has 0 saturated carbocycles. The molecule has 2 aromatic rings. The fraction of sp³-hybridized carbons (Fsp3) is 0.500. The number of halogens is 2. The summed E-state index contributed by atoms with van der Waals surface area (Å²) in [6.45, 7) is 2.68. The topological polar surface area (TPSA) is 51.4 Å². The molecule has 0 radical (unpaired) electrons. The first kappa shape index (κ1) is 25.2. The summed E-state index contributed by atoms with van der Waals surface area (Å²) in [7, 11) is 1.77. The van der Waals surface area contributed by atoms with Gasteiger partial charge < -0.3 is 10.5 Å². The van der Waals surface area contributed by atoms with Gasteiger partial charge in [0.2, 0.25) is 0 Å². The van der Waals surface area contributed by atoms with Crippen LogP contribution >= 0.6 is 40.2 Å². The predicted molar refractivity (Wildman–Crippen MR) is 144 cm³/mol. The third-order valence-electron chi connectivity index (χ3n) is 6.81. The zero-order valence-electron chi connectivity index (χ0n) is 19.2. The summed E-state index contributed by atoms with van der Waals surface area (Å²) < 4.78 is 6.38. The lowest BCUT2D eigenvalue weighted by Gasteiger charge is -2.39. The number of aromatic nitrogens is 1. The fourth-order valence-corrected chi connectivity index (χ4v) is 5.90. The van der Waals surface area contributed by atoms with Crippen LogP contribution in [0.2, 0.25) is 5.02 Å². The highest BCUT2D eigenvalue weighted by Gasteiger charge is 2.30. The lowest BCUT2D eigenvalue weighted by Crippen LogP contribution is -2.47. The number of pyridine rings is 1. The van der Waals surface area contributed by atoms with Crippen molar-refractivity contribution in [1.29, 1.82) is 0 Å². The van der Waals surface area contributed by atoms with E-state index >= 15 is 0 Å². The standard InChI is InChI=1S/C26H33BrClN3OS/c1-32-10-2-3-23-13-18(8-9-31(23)15-22(29)16-33)25-24-7-6-21(28)12-17(24)4-5-19-11-20(27)14-30-26(19)25/h6-7,11-12,14,22-23,33H,2-5,8-10,13,15-16,29H2,1H3/t22?,23-/m0/s1. The molecule has 0 bridgehead atoms. The molecular formula is C26H33BrClN3OS. The minimum Gasteiger partial charge on any atom is -0.385 e. The van der Waals surface area contributed by atoms with Crippen LogP contribution in [0.3, 0.4) is 0 Å². The third-order valence-corrected chi connectivity index (χ3v) is 7.95. The van der Waals surface area contributed by atoms with Crippen molar-refractivity contribution in [2.24, 2.45) is 5.73 Å². The number of rotatable bonds is 7. The molecule has 2 heterocycles. The maximum Gasteiger partial charge on any atom is 0.0740 e. The average molecular weight is 551 g/mol. The van der Waals surface area contributed by atoms with Gasteiger partial charge in [-0.2, -0.15) is 12.6 Å². The maximum absolute atomic E-state index is 6.40. The molecule has 2 aliphatic rings. The van der Waals surface area contributed by atoms with Gasteiger partial charge in [0, 0.05) is 65.9 Å². The Bertz CT molecular complexity index is 960. The molecule has 2 N–H and O–H groups in total. The number of nitrogens with two attached hydrogens (primary N) is 1. The van der Waals surface area contributed by atoms with E-state index in [2.05, 4.69) is 51.7 Å². The molecule has 1 aromatic heterocycles.